The van der Waals surface area contributed by atoms with E-state index in [9.17, 15) is 31.4 Å². The van der Waals surface area contributed by atoms with Gasteiger partial charge in [0, 0.05) is 6.54 Å². The standard InChI is InChI=1S/C7H10F6NO2/c1-14(2)3-4(15)16-5(6(8,9)10)7(11,12)13/h4-5H,3H2,1-2H3/q-1. The molecule has 0 rings (SSSR count). The molecule has 0 spiro atoms. The van der Waals surface area contributed by atoms with Crippen molar-refractivity contribution in [3.8, 4) is 0 Å². The maximum atomic E-state index is 11.9. The van der Waals surface area contributed by atoms with Crippen LogP contribution in [0.1, 0.15) is 0 Å². The van der Waals surface area contributed by atoms with Gasteiger partial charge in [0.05, 0.1) is 0 Å². The van der Waals surface area contributed by atoms with Crippen molar-refractivity contribution in [2.75, 3.05) is 20.6 Å². The van der Waals surface area contributed by atoms with Gasteiger partial charge < -0.3 is 14.7 Å². The first kappa shape index (κ1) is 15.5. The van der Waals surface area contributed by atoms with Crippen LogP contribution in [0.2, 0.25) is 0 Å². The lowest BCUT2D eigenvalue weighted by molar-refractivity contribution is -0.517. The van der Waals surface area contributed by atoms with Gasteiger partial charge in [-0.1, -0.05) is 0 Å². The Hall–Kier alpha value is -0.540. The van der Waals surface area contributed by atoms with Crippen LogP contribution in [0.3, 0.4) is 0 Å². The average Bonchev–Trinajstić information content (AvgIpc) is 1.94. The molecule has 9 heteroatoms. The molecule has 0 aliphatic carbocycles. The van der Waals surface area contributed by atoms with Crippen molar-refractivity contribution in [3.63, 3.8) is 0 Å². The Balaban J connectivity index is 4.58. The highest BCUT2D eigenvalue weighted by molar-refractivity contribution is 4.76. The minimum atomic E-state index is -5.65. The normalized spacial score (nSPS) is 15.9. The molecule has 16 heavy (non-hydrogen) atoms. The first-order chi connectivity index (χ1) is 6.94. The Morgan fingerprint density at radius 1 is 1.06 bits per heavy atom. The van der Waals surface area contributed by atoms with Gasteiger partial charge in [-0.25, -0.2) is 0 Å². The van der Waals surface area contributed by atoms with Crippen molar-refractivity contribution in [2.24, 2.45) is 0 Å². The van der Waals surface area contributed by atoms with E-state index < -0.39 is 31.3 Å². The van der Waals surface area contributed by atoms with Crippen molar-refractivity contribution < 1.29 is 36.2 Å². The molecule has 0 saturated heterocycles. The molecular weight excluding hydrogens is 244 g/mol. The van der Waals surface area contributed by atoms with Crippen molar-refractivity contribution in [1.29, 1.82) is 0 Å². The zero-order valence-electron chi connectivity index (χ0n) is 8.39. The molecule has 0 aromatic carbocycles. The summed E-state index contributed by atoms with van der Waals surface area (Å²) in [6.45, 7) is -0.581. The summed E-state index contributed by atoms with van der Waals surface area (Å²) in [4.78, 5) is 1.13. The predicted molar refractivity (Wildman–Crippen MR) is 39.3 cm³/mol. The Labute approximate surface area is 87.6 Å². The monoisotopic (exact) mass is 254 g/mol. The van der Waals surface area contributed by atoms with Crippen LogP contribution in [0, 0.1) is 0 Å². The molecule has 98 valence electrons. The van der Waals surface area contributed by atoms with Crippen molar-refractivity contribution >= 4 is 0 Å². The Kier molecular flexibility index (Phi) is 5.02. The van der Waals surface area contributed by atoms with Crippen molar-refractivity contribution in [3.05, 3.63) is 0 Å². The van der Waals surface area contributed by atoms with Gasteiger partial charge in [0.25, 0.3) is 0 Å². The van der Waals surface area contributed by atoms with Crippen LogP contribution < -0.4 is 5.11 Å². The molecule has 0 saturated carbocycles. The van der Waals surface area contributed by atoms with Crippen LogP contribution in [0.25, 0.3) is 0 Å². The van der Waals surface area contributed by atoms with E-state index >= 15 is 0 Å². The van der Waals surface area contributed by atoms with E-state index in [-0.39, 0.29) is 0 Å². The third kappa shape index (κ3) is 5.52. The number of rotatable bonds is 4. The fraction of sp³-hybridized carbons (Fsp3) is 1.00. The van der Waals surface area contributed by atoms with Crippen LogP contribution in [-0.2, 0) is 4.74 Å². The van der Waals surface area contributed by atoms with E-state index in [1.165, 1.54) is 14.1 Å². The lowest BCUT2D eigenvalue weighted by atomic mass is 10.3. The van der Waals surface area contributed by atoms with E-state index in [0.29, 0.717) is 0 Å². The van der Waals surface area contributed by atoms with Crippen LogP contribution in [0.4, 0.5) is 26.3 Å². The highest BCUT2D eigenvalue weighted by Gasteiger charge is 2.58. The minimum Gasteiger partial charge on any atom is -0.830 e. The van der Waals surface area contributed by atoms with Crippen LogP contribution in [-0.4, -0.2) is 50.3 Å². The number of ether oxygens (including phenoxy) is 1. The van der Waals surface area contributed by atoms with Gasteiger partial charge in [0.2, 0.25) is 6.10 Å². The van der Waals surface area contributed by atoms with Crippen molar-refractivity contribution in [1.82, 2.24) is 4.90 Å². The zero-order chi connectivity index (χ0) is 13.1. The molecule has 0 aliphatic heterocycles. The number of alkyl halides is 6. The smallest absolute Gasteiger partial charge is 0.423 e. The molecule has 0 N–H and O–H groups in total. The summed E-state index contributed by atoms with van der Waals surface area (Å²) in [7, 11) is 2.65. The highest BCUT2D eigenvalue weighted by Crippen LogP contribution is 2.35. The molecular formula is C7H10F6NO2-. The topological polar surface area (TPSA) is 35.5 Å². The summed E-state index contributed by atoms with van der Waals surface area (Å²) in [5, 5.41) is 10.8. The lowest BCUT2D eigenvalue weighted by Gasteiger charge is -2.32. The second-order valence-electron chi connectivity index (χ2n) is 3.29. The van der Waals surface area contributed by atoms with E-state index in [0.717, 1.165) is 4.90 Å². The second kappa shape index (κ2) is 5.19. The maximum Gasteiger partial charge on any atom is 0.423 e. The minimum absolute atomic E-state index is 0.581. The number of likely N-dealkylation sites (N-methyl/N-ethyl adjacent to an activating group) is 1. The molecule has 1 unspecified atom stereocenters. The summed E-state index contributed by atoms with van der Waals surface area (Å²) in [6.07, 6.45) is -17.7. The molecule has 0 amide bonds. The molecule has 1 atom stereocenters. The van der Waals surface area contributed by atoms with Crippen LogP contribution in [0.5, 0.6) is 0 Å². The Morgan fingerprint density at radius 3 is 1.69 bits per heavy atom. The van der Waals surface area contributed by atoms with E-state index in [1.54, 1.807) is 0 Å². The first-order valence-corrected chi connectivity index (χ1v) is 4.04. The van der Waals surface area contributed by atoms with Gasteiger partial charge in [0.15, 0.2) is 0 Å². The number of nitrogens with zero attached hydrogens (tertiary/aromatic N) is 1. The van der Waals surface area contributed by atoms with E-state index in [4.69, 9.17) is 0 Å². The van der Waals surface area contributed by atoms with Gasteiger partial charge in [0.1, 0.15) is 0 Å². The molecule has 0 aromatic heterocycles. The number of hydrogen-bond donors (Lipinski definition) is 0. The number of hydrogen-bond acceptors (Lipinski definition) is 3. The molecule has 0 fully saturated rings. The van der Waals surface area contributed by atoms with Gasteiger partial charge >= 0.3 is 12.4 Å². The summed E-state index contributed by atoms with van der Waals surface area (Å²) < 4.78 is 74.9. The summed E-state index contributed by atoms with van der Waals surface area (Å²) in [5.41, 5.74) is 0. The third-order valence-electron chi connectivity index (χ3n) is 1.40. The lowest BCUT2D eigenvalue weighted by Crippen LogP contribution is -2.51. The predicted octanol–water partition coefficient (Wildman–Crippen LogP) is 0.744. The zero-order valence-corrected chi connectivity index (χ0v) is 8.39. The van der Waals surface area contributed by atoms with E-state index in [1.807, 2.05) is 0 Å². The highest BCUT2D eigenvalue weighted by atomic mass is 19.4. The molecule has 3 nitrogen and oxygen atoms in total. The fourth-order valence-electron chi connectivity index (χ4n) is 0.833. The van der Waals surface area contributed by atoms with Gasteiger partial charge in [-0.2, -0.15) is 26.3 Å². The van der Waals surface area contributed by atoms with Crippen LogP contribution >= 0.6 is 0 Å². The van der Waals surface area contributed by atoms with Crippen LogP contribution in [0.15, 0.2) is 0 Å². The first-order valence-electron chi connectivity index (χ1n) is 4.04. The molecule has 0 aromatic rings. The van der Waals surface area contributed by atoms with Gasteiger partial charge in [-0.3, -0.25) is 0 Å². The number of halogens is 6. The molecule has 0 radical (unpaired) electrons. The average molecular weight is 254 g/mol. The Bertz CT molecular complexity index is 200. The maximum absolute atomic E-state index is 11.9. The summed E-state index contributed by atoms with van der Waals surface area (Å²) in [6, 6.07) is 0. The second-order valence-corrected chi connectivity index (χ2v) is 3.29. The molecule has 0 bridgehead atoms. The summed E-state index contributed by atoms with van der Waals surface area (Å²) >= 11 is 0. The molecule has 0 heterocycles. The summed E-state index contributed by atoms with van der Waals surface area (Å²) in [5.74, 6) is 0. The van der Waals surface area contributed by atoms with E-state index in [2.05, 4.69) is 4.74 Å². The fourth-order valence-corrected chi connectivity index (χ4v) is 0.833. The van der Waals surface area contributed by atoms with Gasteiger partial charge in [-0.15, -0.1) is 0 Å². The molecule has 0 aliphatic rings. The van der Waals surface area contributed by atoms with Gasteiger partial charge in [-0.05, 0) is 20.4 Å². The Morgan fingerprint density at radius 2 is 1.44 bits per heavy atom. The third-order valence-corrected chi connectivity index (χ3v) is 1.40. The SMILES string of the molecule is CN(C)CC([O-])OC(C(F)(F)F)C(F)(F)F. The quantitative estimate of drug-likeness (QED) is 0.548. The largest absolute Gasteiger partial charge is 0.830 e. The van der Waals surface area contributed by atoms with Crippen molar-refractivity contribution in [2.45, 2.75) is 24.7 Å².